The van der Waals surface area contributed by atoms with E-state index in [1.807, 2.05) is 5.09 Å². The first kappa shape index (κ1) is 9.77. The monoisotopic (exact) mass is 199 g/mol. The molecule has 0 saturated heterocycles. The number of hydrogen-bond acceptors (Lipinski definition) is 2. The molecular formula is C7H10N3O2P. The topological polar surface area (TPSA) is 99.2 Å². The van der Waals surface area contributed by atoms with Crippen LogP contribution in [0.15, 0.2) is 30.3 Å². The van der Waals surface area contributed by atoms with Gasteiger partial charge in [0.15, 0.2) is 5.96 Å². The van der Waals surface area contributed by atoms with Crippen molar-refractivity contribution in [2.24, 2.45) is 5.73 Å². The van der Waals surface area contributed by atoms with E-state index in [0.717, 1.165) is 0 Å². The van der Waals surface area contributed by atoms with Gasteiger partial charge in [-0.3, -0.25) is 15.1 Å². The Bertz CT molecular complexity index is 352. The average molecular weight is 199 g/mol. The van der Waals surface area contributed by atoms with Crippen LogP contribution in [0.2, 0.25) is 0 Å². The molecule has 1 atom stereocenters. The molecule has 0 amide bonds. The number of nitrogens with two attached hydrogens (primary N) is 1. The Labute approximate surface area is 75.6 Å². The molecule has 1 aromatic carbocycles. The lowest BCUT2D eigenvalue weighted by molar-refractivity contribution is 0.485. The van der Waals surface area contributed by atoms with Crippen molar-refractivity contribution in [3.8, 4) is 0 Å². The molecule has 0 radical (unpaired) electrons. The molecule has 6 heteroatoms. The van der Waals surface area contributed by atoms with E-state index in [4.69, 9.17) is 11.1 Å². The SMILES string of the molecule is N=C(N)NP(=O)(O)c1ccccc1. The standard InChI is InChI=1S/C7H10N3O2P/c8-7(9)10-13(11,12)6-4-2-1-3-5-6/h1-5H,(H5,8,9,10,11,12). The van der Waals surface area contributed by atoms with Gasteiger partial charge in [0.2, 0.25) is 0 Å². The molecule has 0 aliphatic heterocycles. The van der Waals surface area contributed by atoms with Gasteiger partial charge in [0.05, 0.1) is 5.30 Å². The van der Waals surface area contributed by atoms with Gasteiger partial charge < -0.3 is 10.6 Å². The van der Waals surface area contributed by atoms with Crippen LogP contribution >= 0.6 is 7.52 Å². The van der Waals surface area contributed by atoms with Crippen molar-refractivity contribution in [1.82, 2.24) is 5.09 Å². The highest BCUT2D eigenvalue weighted by Gasteiger charge is 2.20. The molecule has 1 unspecified atom stereocenters. The van der Waals surface area contributed by atoms with E-state index in [2.05, 4.69) is 0 Å². The Morgan fingerprint density at radius 3 is 2.46 bits per heavy atom. The normalized spacial score (nSPS) is 14.5. The maximum atomic E-state index is 11.4. The summed E-state index contributed by atoms with van der Waals surface area (Å²) in [6, 6.07) is 8.00. The first-order valence-electron chi connectivity index (χ1n) is 3.53. The third-order valence-electron chi connectivity index (χ3n) is 1.38. The number of benzene rings is 1. The number of hydrogen-bond donors (Lipinski definition) is 4. The van der Waals surface area contributed by atoms with Gasteiger partial charge in [-0.15, -0.1) is 0 Å². The second-order valence-electron chi connectivity index (χ2n) is 2.44. The fourth-order valence-electron chi connectivity index (χ4n) is 0.858. The zero-order chi connectivity index (χ0) is 9.90. The van der Waals surface area contributed by atoms with Gasteiger partial charge in [-0.05, 0) is 12.1 Å². The summed E-state index contributed by atoms with van der Waals surface area (Å²) in [5, 5.41) is 9.07. The Morgan fingerprint density at radius 2 is 2.00 bits per heavy atom. The molecule has 0 fully saturated rings. The maximum absolute atomic E-state index is 11.4. The molecule has 0 spiro atoms. The van der Waals surface area contributed by atoms with Crippen molar-refractivity contribution < 1.29 is 9.46 Å². The van der Waals surface area contributed by atoms with Crippen molar-refractivity contribution in [3.63, 3.8) is 0 Å². The Kier molecular flexibility index (Phi) is 2.70. The lowest BCUT2D eigenvalue weighted by Crippen LogP contribution is -2.31. The quantitative estimate of drug-likeness (QED) is 0.305. The van der Waals surface area contributed by atoms with E-state index in [1.54, 1.807) is 18.2 Å². The van der Waals surface area contributed by atoms with Crippen LogP contribution < -0.4 is 16.1 Å². The van der Waals surface area contributed by atoms with E-state index in [9.17, 15) is 9.46 Å². The van der Waals surface area contributed by atoms with Crippen molar-refractivity contribution in [2.75, 3.05) is 0 Å². The summed E-state index contributed by atoms with van der Waals surface area (Å²) in [5.74, 6) is -0.519. The van der Waals surface area contributed by atoms with E-state index >= 15 is 0 Å². The molecule has 5 N–H and O–H groups in total. The third-order valence-corrected chi connectivity index (χ3v) is 2.92. The van der Waals surface area contributed by atoms with Crippen molar-refractivity contribution in [1.29, 1.82) is 5.41 Å². The predicted molar refractivity (Wildman–Crippen MR) is 51.0 cm³/mol. The molecule has 0 aromatic heterocycles. The molecule has 5 nitrogen and oxygen atoms in total. The van der Waals surface area contributed by atoms with Crippen LogP contribution in [0.1, 0.15) is 0 Å². The van der Waals surface area contributed by atoms with Crippen LogP contribution in [0.3, 0.4) is 0 Å². The molecule has 0 bridgehead atoms. The average Bonchev–Trinajstić information content (AvgIpc) is 2.04. The van der Waals surface area contributed by atoms with Gasteiger partial charge in [-0.2, -0.15) is 0 Å². The van der Waals surface area contributed by atoms with E-state index in [0.29, 0.717) is 0 Å². The molecule has 0 saturated carbocycles. The van der Waals surface area contributed by atoms with Gasteiger partial charge in [0.1, 0.15) is 0 Å². The number of guanidine groups is 1. The smallest absolute Gasteiger partial charge is 0.323 e. The second kappa shape index (κ2) is 3.60. The predicted octanol–water partition coefficient (Wildman–Crippen LogP) is -0.0196. The minimum atomic E-state index is -3.70. The minimum absolute atomic E-state index is 0.227. The Morgan fingerprint density at radius 1 is 1.46 bits per heavy atom. The highest BCUT2D eigenvalue weighted by atomic mass is 31.2. The molecule has 1 aromatic rings. The lowest BCUT2D eigenvalue weighted by atomic mass is 10.4. The minimum Gasteiger partial charge on any atom is -0.370 e. The van der Waals surface area contributed by atoms with Gasteiger partial charge in [0, 0.05) is 0 Å². The van der Waals surface area contributed by atoms with E-state index in [-0.39, 0.29) is 5.30 Å². The van der Waals surface area contributed by atoms with E-state index < -0.39 is 13.5 Å². The highest BCUT2D eigenvalue weighted by molar-refractivity contribution is 7.64. The largest absolute Gasteiger partial charge is 0.370 e. The zero-order valence-corrected chi connectivity index (χ0v) is 7.66. The van der Waals surface area contributed by atoms with Crippen molar-refractivity contribution in [2.45, 2.75) is 0 Å². The summed E-state index contributed by atoms with van der Waals surface area (Å²) in [6.07, 6.45) is 0. The molecule has 0 aliphatic carbocycles. The molecule has 0 aliphatic rings. The summed E-state index contributed by atoms with van der Waals surface area (Å²) in [7, 11) is -3.70. The fourth-order valence-corrected chi connectivity index (χ4v) is 1.89. The van der Waals surface area contributed by atoms with Gasteiger partial charge >= 0.3 is 7.52 Å². The zero-order valence-electron chi connectivity index (χ0n) is 6.77. The van der Waals surface area contributed by atoms with Gasteiger partial charge in [0.25, 0.3) is 0 Å². The van der Waals surface area contributed by atoms with Gasteiger partial charge in [-0.25, -0.2) is 0 Å². The van der Waals surface area contributed by atoms with Crippen LogP contribution in [0, 0.1) is 5.41 Å². The van der Waals surface area contributed by atoms with Crippen LogP contribution in [0.4, 0.5) is 0 Å². The first-order valence-corrected chi connectivity index (χ1v) is 5.19. The summed E-state index contributed by atoms with van der Waals surface area (Å²) in [5.41, 5.74) is 4.96. The third kappa shape index (κ3) is 2.57. The van der Waals surface area contributed by atoms with Crippen LogP contribution in [0.5, 0.6) is 0 Å². The summed E-state index contributed by atoms with van der Waals surface area (Å²) in [6.45, 7) is 0. The van der Waals surface area contributed by atoms with Crippen LogP contribution in [-0.2, 0) is 4.57 Å². The molecule has 1 rings (SSSR count). The maximum Gasteiger partial charge on any atom is 0.323 e. The second-order valence-corrected chi connectivity index (χ2v) is 4.33. The summed E-state index contributed by atoms with van der Waals surface area (Å²) >= 11 is 0. The van der Waals surface area contributed by atoms with Crippen LogP contribution in [-0.4, -0.2) is 10.9 Å². The van der Waals surface area contributed by atoms with Gasteiger partial charge in [-0.1, -0.05) is 18.2 Å². The van der Waals surface area contributed by atoms with Crippen molar-refractivity contribution in [3.05, 3.63) is 30.3 Å². The fraction of sp³-hybridized carbons (Fsp3) is 0. The molecule has 0 heterocycles. The molecule has 13 heavy (non-hydrogen) atoms. The Hall–Kier alpha value is -1.32. The Balaban J connectivity index is 2.95. The number of rotatable bonds is 2. The van der Waals surface area contributed by atoms with Crippen LogP contribution in [0.25, 0.3) is 0 Å². The first-order chi connectivity index (χ1) is 6.02. The highest BCUT2D eigenvalue weighted by Crippen LogP contribution is 2.32. The van der Waals surface area contributed by atoms with Crippen molar-refractivity contribution >= 4 is 18.8 Å². The number of nitrogens with one attached hydrogen (secondary N) is 2. The van der Waals surface area contributed by atoms with E-state index in [1.165, 1.54) is 12.1 Å². The molecular weight excluding hydrogens is 189 g/mol. The lowest BCUT2D eigenvalue weighted by Gasteiger charge is -2.12. The molecule has 70 valence electrons. The summed E-state index contributed by atoms with van der Waals surface area (Å²) < 4.78 is 11.4. The summed E-state index contributed by atoms with van der Waals surface area (Å²) in [4.78, 5) is 9.38.